The molecule has 2 aromatic rings. The lowest BCUT2D eigenvalue weighted by atomic mass is 10.1. The van der Waals surface area contributed by atoms with E-state index in [1.165, 1.54) is 18.3 Å². The van der Waals surface area contributed by atoms with Gasteiger partial charge in [-0.15, -0.1) is 0 Å². The van der Waals surface area contributed by atoms with Gasteiger partial charge in [0.15, 0.2) is 0 Å². The largest absolute Gasteiger partial charge is 0.282 e. The molecule has 0 heterocycles. The Morgan fingerprint density at radius 3 is 2.22 bits per heavy atom. The highest BCUT2D eigenvalue weighted by molar-refractivity contribution is 7.90. The molecule has 0 fully saturated rings. The van der Waals surface area contributed by atoms with Gasteiger partial charge in [-0.3, -0.25) is 0 Å². The molecule has 0 saturated heterocycles. The summed E-state index contributed by atoms with van der Waals surface area (Å²) in [5.74, 6) is 0. The first-order chi connectivity index (χ1) is 8.59. The quantitative estimate of drug-likeness (QED) is 0.796. The Labute approximate surface area is 107 Å². The summed E-state index contributed by atoms with van der Waals surface area (Å²) in [6.45, 7) is 1.91. The molecule has 0 N–H and O–H groups in total. The Hall–Kier alpha value is -1.94. The lowest BCUT2D eigenvalue weighted by Gasteiger charge is -1.99. The van der Waals surface area contributed by atoms with Crippen LogP contribution in [0.1, 0.15) is 11.1 Å². The van der Waals surface area contributed by atoms with Crippen molar-refractivity contribution in [1.29, 1.82) is 0 Å². The second-order valence-corrected chi connectivity index (χ2v) is 5.51. The first kappa shape index (κ1) is 12.5. The molecule has 18 heavy (non-hydrogen) atoms. The third-order valence-corrected chi connectivity index (χ3v) is 3.81. The molecule has 0 atom stereocenters. The minimum Gasteiger partial charge on any atom is -0.199 e. The van der Waals surface area contributed by atoms with Crippen molar-refractivity contribution in [3.05, 3.63) is 65.7 Å². The molecule has 0 bridgehead atoms. The number of aryl methyl sites for hydroxylation is 1. The molecule has 2 rings (SSSR count). The molecule has 0 aliphatic heterocycles. The molecule has 0 aliphatic rings. The van der Waals surface area contributed by atoms with Crippen LogP contribution in [0.2, 0.25) is 0 Å². The monoisotopic (exact) mass is 259 g/mol. The number of benzene rings is 2. The Kier molecular flexibility index (Phi) is 3.58. The lowest BCUT2D eigenvalue weighted by molar-refractivity contribution is 0.598. The highest BCUT2D eigenvalue weighted by atomic mass is 32.2. The van der Waals surface area contributed by atoms with Crippen molar-refractivity contribution < 1.29 is 8.42 Å². The first-order valence-electron chi connectivity index (χ1n) is 5.50. The normalized spacial score (nSPS) is 11.8. The van der Waals surface area contributed by atoms with Gasteiger partial charge in [-0.1, -0.05) is 42.5 Å². The van der Waals surface area contributed by atoms with E-state index in [-0.39, 0.29) is 4.90 Å². The van der Waals surface area contributed by atoms with E-state index >= 15 is 0 Å². The van der Waals surface area contributed by atoms with Crippen molar-refractivity contribution in [1.82, 2.24) is 0 Å². The summed E-state index contributed by atoms with van der Waals surface area (Å²) in [5.41, 5.74) is 1.79. The van der Waals surface area contributed by atoms with Gasteiger partial charge < -0.3 is 0 Å². The average Bonchev–Trinajstić information content (AvgIpc) is 2.39. The molecule has 3 nitrogen and oxygen atoms in total. The summed E-state index contributed by atoms with van der Waals surface area (Å²) in [7, 11) is -3.61. The van der Waals surface area contributed by atoms with Crippen molar-refractivity contribution >= 4 is 16.2 Å². The summed E-state index contributed by atoms with van der Waals surface area (Å²) in [6, 6.07) is 15.7. The SMILES string of the molecule is Cc1ccccc1/C=N/S(=O)(=O)c1ccccc1. The fraction of sp³-hybridized carbons (Fsp3) is 0.0714. The summed E-state index contributed by atoms with van der Waals surface area (Å²) < 4.78 is 27.5. The van der Waals surface area contributed by atoms with Crippen molar-refractivity contribution in [3.8, 4) is 0 Å². The van der Waals surface area contributed by atoms with Gasteiger partial charge in [0.2, 0.25) is 0 Å². The van der Waals surface area contributed by atoms with Gasteiger partial charge in [0, 0.05) is 6.21 Å². The van der Waals surface area contributed by atoms with Crippen LogP contribution in [0.4, 0.5) is 0 Å². The zero-order valence-electron chi connectivity index (χ0n) is 9.95. The van der Waals surface area contributed by atoms with E-state index in [1.54, 1.807) is 18.2 Å². The van der Waals surface area contributed by atoms with Gasteiger partial charge in [-0.25, -0.2) is 0 Å². The number of sulfonamides is 1. The van der Waals surface area contributed by atoms with Gasteiger partial charge in [0.25, 0.3) is 10.0 Å². The Morgan fingerprint density at radius 2 is 1.56 bits per heavy atom. The van der Waals surface area contributed by atoms with E-state index < -0.39 is 10.0 Å². The highest BCUT2D eigenvalue weighted by Gasteiger charge is 2.10. The van der Waals surface area contributed by atoms with Gasteiger partial charge in [-0.2, -0.15) is 12.8 Å². The molecular weight excluding hydrogens is 246 g/mol. The molecular formula is C14H13NO2S. The van der Waals surface area contributed by atoms with Crippen LogP contribution in [0.3, 0.4) is 0 Å². The van der Waals surface area contributed by atoms with E-state index in [0.717, 1.165) is 11.1 Å². The van der Waals surface area contributed by atoms with Gasteiger partial charge >= 0.3 is 0 Å². The predicted octanol–water partition coefficient (Wildman–Crippen LogP) is 2.80. The third-order valence-electron chi connectivity index (χ3n) is 2.56. The van der Waals surface area contributed by atoms with E-state index in [1.807, 2.05) is 31.2 Å². The summed E-state index contributed by atoms with van der Waals surface area (Å²) >= 11 is 0. The zero-order chi connectivity index (χ0) is 13.0. The molecule has 0 radical (unpaired) electrons. The van der Waals surface area contributed by atoms with Crippen LogP contribution in [0.25, 0.3) is 0 Å². The van der Waals surface area contributed by atoms with E-state index in [0.29, 0.717) is 0 Å². The Balaban J connectivity index is 2.32. The van der Waals surface area contributed by atoms with Crippen LogP contribution in [0, 0.1) is 6.92 Å². The van der Waals surface area contributed by atoms with Gasteiger partial charge in [0.05, 0.1) is 4.90 Å². The highest BCUT2D eigenvalue weighted by Crippen LogP contribution is 2.12. The predicted molar refractivity (Wildman–Crippen MR) is 72.4 cm³/mol. The molecule has 2 aromatic carbocycles. The standard InChI is InChI=1S/C14H13NO2S/c1-12-7-5-6-8-13(12)11-15-18(16,17)14-9-3-2-4-10-14/h2-11H,1H3/b15-11+. The minimum absolute atomic E-state index is 0.204. The smallest absolute Gasteiger partial charge is 0.199 e. The lowest BCUT2D eigenvalue weighted by Crippen LogP contribution is -1.98. The summed E-state index contributed by atoms with van der Waals surface area (Å²) in [6.07, 6.45) is 1.39. The number of hydrogen-bond donors (Lipinski definition) is 0. The molecule has 0 spiro atoms. The van der Waals surface area contributed by atoms with Crippen LogP contribution >= 0.6 is 0 Å². The van der Waals surface area contributed by atoms with Crippen LogP contribution in [-0.2, 0) is 10.0 Å². The first-order valence-corrected chi connectivity index (χ1v) is 6.95. The summed E-state index contributed by atoms with van der Waals surface area (Å²) in [5, 5.41) is 0. The molecule has 0 aromatic heterocycles. The Bertz CT molecular complexity index is 661. The zero-order valence-corrected chi connectivity index (χ0v) is 10.8. The van der Waals surface area contributed by atoms with Crippen LogP contribution < -0.4 is 0 Å². The van der Waals surface area contributed by atoms with E-state index in [9.17, 15) is 8.42 Å². The van der Waals surface area contributed by atoms with Crippen LogP contribution in [0.5, 0.6) is 0 Å². The van der Waals surface area contributed by atoms with Crippen molar-refractivity contribution in [3.63, 3.8) is 0 Å². The molecule has 0 aliphatic carbocycles. The fourth-order valence-electron chi connectivity index (χ4n) is 1.51. The van der Waals surface area contributed by atoms with Gasteiger partial charge in [-0.05, 0) is 30.2 Å². The fourth-order valence-corrected chi connectivity index (χ4v) is 2.39. The van der Waals surface area contributed by atoms with Crippen molar-refractivity contribution in [2.45, 2.75) is 11.8 Å². The van der Waals surface area contributed by atoms with Gasteiger partial charge in [0.1, 0.15) is 0 Å². The van der Waals surface area contributed by atoms with Crippen molar-refractivity contribution in [2.24, 2.45) is 4.40 Å². The maximum absolute atomic E-state index is 11.9. The van der Waals surface area contributed by atoms with E-state index in [2.05, 4.69) is 4.40 Å². The maximum atomic E-state index is 11.9. The molecule has 4 heteroatoms. The van der Waals surface area contributed by atoms with E-state index in [4.69, 9.17) is 0 Å². The Morgan fingerprint density at radius 1 is 0.944 bits per heavy atom. The average molecular weight is 259 g/mol. The van der Waals surface area contributed by atoms with Crippen LogP contribution in [-0.4, -0.2) is 14.6 Å². The molecule has 0 unspecified atom stereocenters. The minimum atomic E-state index is -3.61. The molecule has 0 saturated carbocycles. The summed E-state index contributed by atoms with van der Waals surface area (Å²) in [4.78, 5) is 0.204. The topological polar surface area (TPSA) is 46.5 Å². The number of nitrogens with zero attached hydrogens (tertiary/aromatic N) is 1. The van der Waals surface area contributed by atoms with Crippen LogP contribution in [0.15, 0.2) is 63.9 Å². The molecule has 92 valence electrons. The second kappa shape index (κ2) is 5.14. The maximum Gasteiger partial charge on any atom is 0.282 e. The van der Waals surface area contributed by atoms with Crippen molar-refractivity contribution in [2.75, 3.05) is 0 Å². The molecule has 0 amide bonds. The second-order valence-electron chi connectivity index (χ2n) is 3.88. The third kappa shape index (κ3) is 2.84. The number of rotatable bonds is 3. The number of hydrogen-bond acceptors (Lipinski definition) is 2.